The summed E-state index contributed by atoms with van der Waals surface area (Å²) in [5.41, 5.74) is 0. The summed E-state index contributed by atoms with van der Waals surface area (Å²) in [6, 6.07) is 0. The van der Waals surface area contributed by atoms with Crippen LogP contribution in [0.2, 0.25) is 0 Å². The van der Waals surface area contributed by atoms with Crippen LogP contribution in [-0.4, -0.2) is 72.9 Å². The van der Waals surface area contributed by atoms with E-state index in [9.17, 15) is 4.57 Å². The van der Waals surface area contributed by atoms with Crippen molar-refractivity contribution >= 4 is 31.3 Å². The van der Waals surface area contributed by atoms with Gasteiger partial charge in [0.1, 0.15) is 0 Å². The predicted molar refractivity (Wildman–Crippen MR) is 283 cm³/mol. The Labute approximate surface area is 399 Å². The molecule has 0 radical (unpaired) electrons. The monoisotopic (exact) mass is 931 g/mol. The Balaban J connectivity index is 0.0000192. The first-order valence-electron chi connectivity index (χ1n) is 27.5. The maximum Gasteiger partial charge on any atom is 0.405 e. The van der Waals surface area contributed by atoms with Crippen LogP contribution >= 0.6 is 31.3 Å². The van der Waals surface area contributed by atoms with Crippen LogP contribution in [0.5, 0.6) is 0 Å². The van der Waals surface area contributed by atoms with Crippen molar-refractivity contribution in [2.45, 2.75) is 292 Å². The Morgan fingerprint density at radius 2 is 0.790 bits per heavy atom. The maximum atomic E-state index is 13.8. The summed E-state index contributed by atoms with van der Waals surface area (Å²) in [6.07, 6.45) is 55.1. The summed E-state index contributed by atoms with van der Waals surface area (Å²) in [7, 11) is 3.23. The largest absolute Gasteiger partial charge is 0.405 e. The van der Waals surface area contributed by atoms with Crippen LogP contribution in [0.3, 0.4) is 0 Å². The number of likely N-dealkylation sites (N-methyl/N-ethyl adjacent to an activating group) is 1. The molecule has 2 atom stereocenters. The lowest BCUT2D eigenvalue weighted by Gasteiger charge is -2.26. The van der Waals surface area contributed by atoms with Gasteiger partial charge in [-0.2, -0.15) is 23.5 Å². The molecule has 62 heavy (non-hydrogen) atoms. The number of rotatable bonds is 44. The van der Waals surface area contributed by atoms with Crippen LogP contribution < -0.4 is 5.09 Å². The molecule has 0 saturated heterocycles. The average molecular weight is 932 g/mol. The minimum atomic E-state index is -3.29. The van der Waals surface area contributed by atoms with E-state index in [4.69, 9.17) is 9.05 Å². The molecule has 0 aliphatic heterocycles. The van der Waals surface area contributed by atoms with E-state index < -0.39 is 7.75 Å². The molecule has 0 amide bonds. The molecule has 2 saturated carbocycles. The van der Waals surface area contributed by atoms with Gasteiger partial charge in [-0.15, -0.1) is 0 Å². The first kappa shape index (κ1) is 60.8. The fourth-order valence-electron chi connectivity index (χ4n) is 9.55. The molecule has 2 unspecified atom stereocenters. The van der Waals surface area contributed by atoms with Gasteiger partial charge in [0.2, 0.25) is 0 Å². The maximum absolute atomic E-state index is 13.8. The van der Waals surface area contributed by atoms with Crippen molar-refractivity contribution < 1.29 is 18.1 Å². The van der Waals surface area contributed by atoms with Crippen molar-refractivity contribution in [1.29, 1.82) is 0 Å². The summed E-state index contributed by atoms with van der Waals surface area (Å²) in [6.45, 7) is 7.20. The molecule has 0 spiro atoms. The number of hydrogen-bond acceptors (Lipinski definition) is 5. The summed E-state index contributed by atoms with van der Waals surface area (Å²) in [5.74, 6) is 0. The van der Waals surface area contributed by atoms with E-state index in [0.29, 0.717) is 19.8 Å². The molecule has 0 heterocycles. The number of nitrogens with one attached hydrogen (secondary N) is 1. The van der Waals surface area contributed by atoms with Gasteiger partial charge in [0.25, 0.3) is 0 Å². The van der Waals surface area contributed by atoms with E-state index in [1.807, 2.05) is 0 Å². The zero-order valence-electron chi connectivity index (χ0n) is 42.9. The Morgan fingerprint density at radius 3 is 1.11 bits per heavy atom. The molecular weight excluding hydrogens is 820 g/mol. The van der Waals surface area contributed by atoms with Crippen LogP contribution in [0.25, 0.3) is 0 Å². The number of hydrogen-bond donors (Lipinski definition) is 1. The Hall–Kier alpha value is 0.770. The minimum absolute atomic E-state index is 0. The van der Waals surface area contributed by atoms with Crippen LogP contribution in [-0.2, 0) is 13.6 Å². The molecule has 0 aromatic heterocycles. The number of unbranched alkanes of at least 4 members (excludes halogenated alkanes) is 22. The zero-order chi connectivity index (χ0) is 44.0. The quantitative estimate of drug-likeness (QED) is 0.0284. The molecule has 372 valence electrons. The smallest absolute Gasteiger partial charge is 0.358 e. The zero-order valence-corrected chi connectivity index (χ0v) is 45.4. The molecule has 1 N–H and O–H groups in total. The normalized spacial score (nSPS) is 17.5. The highest BCUT2D eigenvalue weighted by Gasteiger charge is 2.25. The molecule has 0 bridgehead atoms. The highest BCUT2D eigenvalue weighted by atomic mass is 32.2. The minimum Gasteiger partial charge on any atom is -0.358 e. The fourth-order valence-corrected chi connectivity index (χ4v) is 14.4. The van der Waals surface area contributed by atoms with Gasteiger partial charge in [-0.3, -0.25) is 9.05 Å². The predicted octanol–water partition coefficient (Wildman–Crippen LogP) is 18.5. The Bertz CT molecular complexity index is 923. The molecule has 8 heteroatoms. The third-order valence-electron chi connectivity index (χ3n) is 13.6. The topological polar surface area (TPSA) is 47.6 Å². The second-order valence-electron chi connectivity index (χ2n) is 20.8. The van der Waals surface area contributed by atoms with Crippen molar-refractivity contribution in [2.75, 3.05) is 47.4 Å². The third-order valence-corrected chi connectivity index (χ3v) is 18.7. The highest BCUT2D eigenvalue weighted by molar-refractivity contribution is 8.00. The molecule has 2 rings (SSSR count). The van der Waals surface area contributed by atoms with E-state index in [1.54, 1.807) is 0 Å². The first-order valence-corrected chi connectivity index (χ1v) is 30.9. The van der Waals surface area contributed by atoms with E-state index in [-0.39, 0.29) is 7.43 Å². The molecule has 2 aliphatic rings. The van der Waals surface area contributed by atoms with Gasteiger partial charge >= 0.3 is 7.75 Å². The van der Waals surface area contributed by atoms with E-state index >= 15 is 0 Å². The molecule has 2 fully saturated rings. The van der Waals surface area contributed by atoms with Crippen molar-refractivity contribution in [3.05, 3.63) is 7.43 Å². The second kappa shape index (κ2) is 41.9. The molecule has 2 aliphatic carbocycles. The fraction of sp³-hybridized carbons (Fsp3) is 0.981. The van der Waals surface area contributed by atoms with Crippen molar-refractivity contribution in [3.63, 3.8) is 0 Å². The standard InChI is InChI=1S/C53H108N2O3PS2.CH3/c1-6-8-10-12-20-28-38-50(60-52-42-32-26-33-43-52)40-30-22-16-14-18-24-36-48-57-59(56,54-46-47-55(3,4)5)58-49-37-25-19-15-17-23-31-41-51(39-29-21-13-11-9-7-2)61-53-44-34-27-35-45-53;/h50-53H,6-49H2,1-5H3,(H,54,56);1H3/q+1;-1. The van der Waals surface area contributed by atoms with Crippen molar-refractivity contribution in [3.8, 4) is 0 Å². The average Bonchev–Trinajstić information content (AvgIpc) is 3.24. The number of nitrogens with zero attached hydrogens (tertiary/aromatic N) is 1. The Morgan fingerprint density at radius 1 is 0.484 bits per heavy atom. The van der Waals surface area contributed by atoms with Gasteiger partial charge in [-0.05, 0) is 64.2 Å². The lowest BCUT2D eigenvalue weighted by Crippen LogP contribution is -2.40. The molecular formula is C54H111N2O3PS2. The van der Waals surface area contributed by atoms with Crippen LogP contribution in [0, 0.1) is 7.43 Å². The summed E-state index contributed by atoms with van der Waals surface area (Å²) < 4.78 is 26.7. The number of quaternary nitrogens is 1. The van der Waals surface area contributed by atoms with Gasteiger partial charge in [0.15, 0.2) is 0 Å². The summed E-state index contributed by atoms with van der Waals surface area (Å²) >= 11 is 4.77. The van der Waals surface area contributed by atoms with Crippen LogP contribution in [0.4, 0.5) is 0 Å². The van der Waals surface area contributed by atoms with Gasteiger partial charge in [-0.1, -0.05) is 206 Å². The summed E-state index contributed by atoms with van der Waals surface area (Å²) in [5, 5.41) is 6.89. The lowest BCUT2D eigenvalue weighted by atomic mass is 10.0. The van der Waals surface area contributed by atoms with Gasteiger partial charge in [-0.25, -0.2) is 9.65 Å². The summed E-state index contributed by atoms with van der Waals surface area (Å²) in [4.78, 5) is 0. The van der Waals surface area contributed by atoms with Gasteiger partial charge in [0.05, 0.1) is 47.4 Å². The molecule has 0 aromatic carbocycles. The van der Waals surface area contributed by atoms with E-state index in [1.165, 1.54) is 231 Å². The van der Waals surface area contributed by atoms with Crippen LogP contribution in [0.1, 0.15) is 271 Å². The molecule has 5 nitrogen and oxygen atoms in total. The Kier molecular flexibility index (Phi) is 41.1. The highest BCUT2D eigenvalue weighted by Crippen LogP contribution is 2.44. The SMILES string of the molecule is CCCCCCCCC(CCCCCCCCCOP(=O)(NCC[N+](C)(C)C)OCCCCCCCCCC(CCCCCCCC)SC1CCCCC1)SC1CCCCC1.[CH3-]. The van der Waals surface area contributed by atoms with E-state index in [0.717, 1.165) is 57.7 Å². The van der Waals surface area contributed by atoms with Gasteiger partial charge < -0.3 is 11.9 Å². The van der Waals surface area contributed by atoms with Crippen LogP contribution in [0.15, 0.2) is 0 Å². The first-order chi connectivity index (χ1) is 29.7. The van der Waals surface area contributed by atoms with Gasteiger partial charge in [0, 0.05) is 21.0 Å². The molecule has 0 aromatic rings. The van der Waals surface area contributed by atoms with Crippen molar-refractivity contribution in [1.82, 2.24) is 5.09 Å². The third kappa shape index (κ3) is 36.8. The number of thioether (sulfide) groups is 2. The van der Waals surface area contributed by atoms with Crippen molar-refractivity contribution in [2.24, 2.45) is 0 Å². The van der Waals surface area contributed by atoms with E-state index in [2.05, 4.69) is 63.6 Å². The lowest BCUT2D eigenvalue weighted by molar-refractivity contribution is -0.869. The second-order valence-corrected chi connectivity index (χ2v) is 25.8.